The number of aliphatic hydroxyl groups excluding tert-OH is 1. The van der Waals surface area contributed by atoms with Gasteiger partial charge >= 0.3 is 6.36 Å². The lowest BCUT2D eigenvalue weighted by Crippen LogP contribution is -2.25. The molecule has 0 bridgehead atoms. The van der Waals surface area contributed by atoms with Crippen LogP contribution >= 0.6 is 0 Å². The van der Waals surface area contributed by atoms with E-state index >= 15 is 0 Å². The summed E-state index contributed by atoms with van der Waals surface area (Å²) in [7, 11) is 0. The van der Waals surface area contributed by atoms with Crippen molar-refractivity contribution in [2.45, 2.75) is 25.9 Å². The maximum Gasteiger partial charge on any atom is 0.573 e. The summed E-state index contributed by atoms with van der Waals surface area (Å²) in [5, 5.41) is 17.2. The van der Waals surface area contributed by atoms with Crippen LogP contribution in [0.5, 0.6) is 5.75 Å². The third-order valence-corrected chi connectivity index (χ3v) is 3.12. The molecule has 1 aromatic carbocycles. The van der Waals surface area contributed by atoms with Gasteiger partial charge in [0.25, 0.3) is 0 Å². The monoisotopic (exact) mass is 329 g/mol. The molecule has 0 aliphatic carbocycles. The number of hydrogen-bond donors (Lipinski definition) is 2. The number of aromatic nitrogens is 2. The maximum atomic E-state index is 12.1. The Morgan fingerprint density at radius 2 is 2.00 bits per heavy atom. The summed E-state index contributed by atoms with van der Waals surface area (Å²) in [6.45, 7) is 3.53. The van der Waals surface area contributed by atoms with E-state index in [1.54, 1.807) is 10.9 Å². The van der Waals surface area contributed by atoms with Crippen molar-refractivity contribution < 1.29 is 23.0 Å². The second kappa shape index (κ2) is 7.47. The minimum absolute atomic E-state index is 0.291. The molecule has 2 N–H and O–H groups in total. The van der Waals surface area contributed by atoms with Crippen molar-refractivity contribution in [3.8, 4) is 5.75 Å². The molecule has 0 saturated carbocycles. The summed E-state index contributed by atoms with van der Waals surface area (Å²) in [4.78, 5) is 0. The second-order valence-corrected chi connectivity index (χ2v) is 5.12. The number of hydrogen-bond acceptors (Lipinski definition) is 4. The molecule has 0 unspecified atom stereocenters. The third kappa shape index (κ3) is 5.91. The fraction of sp³-hybridized carbons (Fsp3) is 0.400. The zero-order valence-electron chi connectivity index (χ0n) is 12.5. The van der Waals surface area contributed by atoms with E-state index in [1.807, 2.05) is 13.1 Å². The van der Waals surface area contributed by atoms with Gasteiger partial charge in [-0.25, -0.2) is 0 Å². The summed E-state index contributed by atoms with van der Waals surface area (Å²) in [6, 6.07) is 5.17. The highest BCUT2D eigenvalue weighted by atomic mass is 19.4. The van der Waals surface area contributed by atoms with Crippen LogP contribution in [-0.4, -0.2) is 34.3 Å². The van der Waals surface area contributed by atoms with Gasteiger partial charge in [0.1, 0.15) is 5.75 Å². The fourth-order valence-corrected chi connectivity index (χ4v) is 2.03. The van der Waals surface area contributed by atoms with Gasteiger partial charge in [-0.1, -0.05) is 12.1 Å². The minimum atomic E-state index is -4.72. The van der Waals surface area contributed by atoms with Crippen LogP contribution in [0.25, 0.3) is 0 Å². The van der Waals surface area contributed by atoms with Gasteiger partial charge < -0.3 is 15.2 Å². The Morgan fingerprint density at radius 1 is 1.30 bits per heavy atom. The zero-order chi connectivity index (χ0) is 16.9. The van der Waals surface area contributed by atoms with Gasteiger partial charge in [0, 0.05) is 19.3 Å². The first-order valence-electron chi connectivity index (χ1n) is 7.07. The van der Waals surface area contributed by atoms with Crippen molar-refractivity contribution in [3.63, 3.8) is 0 Å². The Bertz CT molecular complexity index is 611. The summed E-state index contributed by atoms with van der Waals surface area (Å²) in [5.41, 5.74) is 1.59. The fourth-order valence-electron chi connectivity index (χ4n) is 2.03. The standard InChI is InChI=1S/C15H18F3N3O2/c1-11-8-20-21(10-11)7-6-19-9-14(22)12-2-4-13(5-3-12)23-15(16,17)18/h2-5,8,10,14,19,22H,6-7,9H2,1H3/t14-/m0/s1. The number of benzene rings is 1. The number of halogens is 3. The van der Waals surface area contributed by atoms with Crippen molar-refractivity contribution >= 4 is 0 Å². The molecule has 0 aliphatic heterocycles. The number of aliphatic hydroxyl groups is 1. The molecular weight excluding hydrogens is 311 g/mol. The van der Waals surface area contributed by atoms with Gasteiger partial charge in [-0.15, -0.1) is 13.2 Å². The number of nitrogens with one attached hydrogen (secondary N) is 1. The Morgan fingerprint density at radius 3 is 2.57 bits per heavy atom. The van der Waals surface area contributed by atoms with Crippen LogP contribution in [-0.2, 0) is 6.54 Å². The van der Waals surface area contributed by atoms with Crippen LogP contribution in [0.2, 0.25) is 0 Å². The quantitative estimate of drug-likeness (QED) is 0.766. The Kier molecular flexibility index (Phi) is 5.62. The highest BCUT2D eigenvalue weighted by Gasteiger charge is 2.31. The van der Waals surface area contributed by atoms with Crippen LogP contribution in [0, 0.1) is 6.92 Å². The summed E-state index contributed by atoms with van der Waals surface area (Å²) >= 11 is 0. The van der Waals surface area contributed by atoms with E-state index in [0.717, 1.165) is 5.56 Å². The topological polar surface area (TPSA) is 59.3 Å². The number of ether oxygens (including phenoxy) is 1. The highest BCUT2D eigenvalue weighted by molar-refractivity contribution is 5.28. The molecule has 0 fully saturated rings. The molecule has 1 heterocycles. The van der Waals surface area contributed by atoms with Crippen molar-refractivity contribution in [1.82, 2.24) is 15.1 Å². The predicted octanol–water partition coefficient (Wildman–Crippen LogP) is 2.41. The molecule has 8 heteroatoms. The molecule has 1 aromatic heterocycles. The van der Waals surface area contributed by atoms with Crippen LogP contribution in [0.15, 0.2) is 36.7 Å². The summed E-state index contributed by atoms with van der Waals surface area (Å²) in [5.74, 6) is -0.310. The lowest BCUT2D eigenvalue weighted by atomic mass is 10.1. The Labute approximate surface area is 131 Å². The van der Waals surface area contributed by atoms with Gasteiger partial charge in [0.05, 0.1) is 18.8 Å². The minimum Gasteiger partial charge on any atom is -0.406 e. The van der Waals surface area contributed by atoms with E-state index in [4.69, 9.17) is 0 Å². The molecule has 126 valence electrons. The van der Waals surface area contributed by atoms with Crippen LogP contribution < -0.4 is 10.1 Å². The summed E-state index contributed by atoms with van der Waals surface area (Å²) in [6.07, 6.45) is -1.85. The first-order valence-corrected chi connectivity index (χ1v) is 7.07. The maximum absolute atomic E-state index is 12.1. The number of aryl methyl sites for hydroxylation is 1. The molecule has 23 heavy (non-hydrogen) atoms. The first kappa shape index (κ1) is 17.3. The molecule has 5 nitrogen and oxygen atoms in total. The second-order valence-electron chi connectivity index (χ2n) is 5.12. The SMILES string of the molecule is Cc1cnn(CCNC[C@H](O)c2ccc(OC(F)(F)F)cc2)c1. The molecule has 0 amide bonds. The van der Waals surface area contributed by atoms with E-state index in [1.165, 1.54) is 24.3 Å². The van der Waals surface area contributed by atoms with Crippen LogP contribution in [0.4, 0.5) is 13.2 Å². The third-order valence-electron chi connectivity index (χ3n) is 3.12. The molecule has 0 spiro atoms. The van der Waals surface area contributed by atoms with Gasteiger partial charge in [0.15, 0.2) is 0 Å². The lowest BCUT2D eigenvalue weighted by Gasteiger charge is -2.14. The highest BCUT2D eigenvalue weighted by Crippen LogP contribution is 2.24. The molecule has 0 aliphatic rings. The van der Waals surface area contributed by atoms with Crippen molar-refractivity contribution in [1.29, 1.82) is 0 Å². The van der Waals surface area contributed by atoms with Crippen LogP contribution in [0.3, 0.4) is 0 Å². The Balaban J connectivity index is 1.75. The number of alkyl halides is 3. The average Bonchev–Trinajstić information content (AvgIpc) is 2.88. The van der Waals surface area contributed by atoms with Crippen molar-refractivity contribution in [3.05, 3.63) is 47.8 Å². The van der Waals surface area contributed by atoms with Gasteiger partial charge in [-0.05, 0) is 30.2 Å². The van der Waals surface area contributed by atoms with Gasteiger partial charge in [-0.2, -0.15) is 5.10 Å². The van der Waals surface area contributed by atoms with Gasteiger partial charge in [0.2, 0.25) is 0 Å². The zero-order valence-corrected chi connectivity index (χ0v) is 12.5. The molecule has 0 radical (unpaired) electrons. The number of rotatable bonds is 7. The normalized spacial score (nSPS) is 13.1. The molecule has 0 saturated heterocycles. The lowest BCUT2D eigenvalue weighted by molar-refractivity contribution is -0.274. The van der Waals surface area contributed by atoms with E-state index in [9.17, 15) is 18.3 Å². The van der Waals surface area contributed by atoms with Crippen molar-refractivity contribution in [2.24, 2.45) is 0 Å². The van der Waals surface area contributed by atoms with E-state index in [2.05, 4.69) is 15.2 Å². The predicted molar refractivity (Wildman–Crippen MR) is 77.9 cm³/mol. The smallest absolute Gasteiger partial charge is 0.406 e. The van der Waals surface area contributed by atoms with E-state index in [-0.39, 0.29) is 5.75 Å². The molecule has 1 atom stereocenters. The molecule has 2 rings (SSSR count). The molecular formula is C15H18F3N3O2. The van der Waals surface area contributed by atoms with Crippen LogP contribution in [0.1, 0.15) is 17.2 Å². The Hall–Kier alpha value is -2.06. The number of nitrogens with zero attached hydrogens (tertiary/aromatic N) is 2. The van der Waals surface area contributed by atoms with E-state index in [0.29, 0.717) is 25.2 Å². The van der Waals surface area contributed by atoms with Crippen molar-refractivity contribution in [2.75, 3.05) is 13.1 Å². The summed E-state index contributed by atoms with van der Waals surface area (Å²) < 4.78 is 41.7. The average molecular weight is 329 g/mol. The molecule has 2 aromatic rings. The van der Waals surface area contributed by atoms with E-state index < -0.39 is 12.5 Å². The first-order chi connectivity index (χ1) is 10.8. The largest absolute Gasteiger partial charge is 0.573 e. The van der Waals surface area contributed by atoms with Gasteiger partial charge in [-0.3, -0.25) is 4.68 Å².